The van der Waals surface area contributed by atoms with Crippen molar-refractivity contribution in [3.63, 3.8) is 0 Å². The van der Waals surface area contributed by atoms with E-state index in [4.69, 9.17) is 11.6 Å². The molecule has 0 bridgehead atoms. The van der Waals surface area contributed by atoms with Crippen LogP contribution in [0.25, 0.3) is 16.8 Å². The smallest absolute Gasteiger partial charge is 0.0480 e. The summed E-state index contributed by atoms with van der Waals surface area (Å²) in [6, 6.07) is 12.4. The number of hydrogen-bond acceptors (Lipinski definition) is 0. The first-order valence-corrected chi connectivity index (χ1v) is 5.09. The maximum absolute atomic E-state index is 5.90. The van der Waals surface area contributed by atoms with Crippen molar-refractivity contribution in [1.29, 1.82) is 0 Å². The second-order valence-electron chi connectivity index (χ2n) is 3.20. The van der Waals surface area contributed by atoms with Crippen LogP contribution in [0.5, 0.6) is 0 Å². The van der Waals surface area contributed by atoms with Crippen molar-refractivity contribution in [2.45, 2.75) is 5.88 Å². The quantitative estimate of drug-likeness (QED) is 0.640. The van der Waals surface area contributed by atoms with Crippen LogP contribution in [0.2, 0.25) is 0 Å². The molecule has 2 aromatic rings. The summed E-state index contributed by atoms with van der Waals surface area (Å²) in [6.07, 6.45) is 1.87. The molecule has 0 unspecified atom stereocenters. The van der Waals surface area contributed by atoms with Crippen LogP contribution in [0.1, 0.15) is 11.1 Å². The minimum absolute atomic E-state index is 0.544. The van der Waals surface area contributed by atoms with Gasteiger partial charge in [0.15, 0.2) is 0 Å². The van der Waals surface area contributed by atoms with Crippen LogP contribution in [0, 0.1) is 0 Å². The fraction of sp³-hybridized carbons (Fsp3) is 0.0769. The Morgan fingerprint density at radius 2 is 1.86 bits per heavy atom. The zero-order valence-electron chi connectivity index (χ0n) is 7.83. The molecule has 2 aromatic carbocycles. The third kappa shape index (κ3) is 1.42. The van der Waals surface area contributed by atoms with Gasteiger partial charge in [-0.1, -0.05) is 49.1 Å². The maximum atomic E-state index is 5.90. The molecule has 0 saturated heterocycles. The standard InChI is InChI=1S/C13H11Cl/c1-2-10-5-3-6-11-7-4-8-12(9-14)13(10)11/h2-8H,1,9H2. The van der Waals surface area contributed by atoms with E-state index in [2.05, 4.69) is 30.8 Å². The minimum atomic E-state index is 0.544. The predicted octanol–water partition coefficient (Wildman–Crippen LogP) is 4.22. The van der Waals surface area contributed by atoms with Crippen molar-refractivity contribution < 1.29 is 0 Å². The first-order chi connectivity index (χ1) is 6.86. The summed E-state index contributed by atoms with van der Waals surface area (Å²) in [5.41, 5.74) is 2.32. The number of alkyl halides is 1. The zero-order chi connectivity index (χ0) is 9.97. The second-order valence-corrected chi connectivity index (χ2v) is 3.47. The molecular weight excluding hydrogens is 192 g/mol. The molecule has 0 aliphatic carbocycles. The van der Waals surface area contributed by atoms with Crippen molar-refractivity contribution >= 4 is 28.4 Å². The summed E-state index contributed by atoms with van der Waals surface area (Å²) in [7, 11) is 0. The summed E-state index contributed by atoms with van der Waals surface area (Å²) in [5.74, 6) is 0.544. The summed E-state index contributed by atoms with van der Waals surface area (Å²) in [4.78, 5) is 0. The fourth-order valence-electron chi connectivity index (χ4n) is 1.73. The van der Waals surface area contributed by atoms with E-state index < -0.39 is 0 Å². The lowest BCUT2D eigenvalue weighted by Crippen LogP contribution is -1.84. The van der Waals surface area contributed by atoms with Crippen LogP contribution in [0.4, 0.5) is 0 Å². The molecule has 0 aliphatic heterocycles. The fourth-order valence-corrected chi connectivity index (χ4v) is 1.95. The lowest BCUT2D eigenvalue weighted by molar-refractivity contribution is 1.45. The Morgan fingerprint density at radius 3 is 2.50 bits per heavy atom. The third-order valence-electron chi connectivity index (χ3n) is 2.39. The second kappa shape index (κ2) is 3.85. The van der Waals surface area contributed by atoms with E-state index in [0.717, 1.165) is 5.56 Å². The zero-order valence-corrected chi connectivity index (χ0v) is 8.59. The van der Waals surface area contributed by atoms with Gasteiger partial charge >= 0.3 is 0 Å². The van der Waals surface area contributed by atoms with Crippen LogP contribution in [0.3, 0.4) is 0 Å². The molecule has 1 heteroatoms. The van der Waals surface area contributed by atoms with Gasteiger partial charge in [-0.25, -0.2) is 0 Å². The number of fused-ring (bicyclic) bond motifs is 1. The average molecular weight is 203 g/mol. The lowest BCUT2D eigenvalue weighted by Gasteiger charge is -2.06. The number of benzene rings is 2. The molecule has 2 rings (SSSR count). The van der Waals surface area contributed by atoms with E-state index in [9.17, 15) is 0 Å². The summed E-state index contributed by atoms with van der Waals surface area (Å²) in [5, 5.41) is 2.44. The summed E-state index contributed by atoms with van der Waals surface area (Å²) < 4.78 is 0. The van der Waals surface area contributed by atoms with E-state index in [1.165, 1.54) is 16.3 Å². The van der Waals surface area contributed by atoms with Gasteiger partial charge in [-0.05, 0) is 21.9 Å². The Morgan fingerprint density at radius 1 is 1.14 bits per heavy atom. The van der Waals surface area contributed by atoms with Gasteiger partial charge in [0.2, 0.25) is 0 Å². The average Bonchev–Trinajstić information content (AvgIpc) is 2.27. The van der Waals surface area contributed by atoms with E-state index in [1.54, 1.807) is 0 Å². The highest BCUT2D eigenvalue weighted by molar-refractivity contribution is 6.18. The molecular formula is C13H11Cl. The Balaban J connectivity index is 2.88. The van der Waals surface area contributed by atoms with Gasteiger partial charge in [-0.2, -0.15) is 0 Å². The van der Waals surface area contributed by atoms with Crippen molar-refractivity contribution in [3.8, 4) is 0 Å². The molecule has 0 saturated carbocycles. The maximum Gasteiger partial charge on any atom is 0.0480 e. The van der Waals surface area contributed by atoms with Crippen molar-refractivity contribution in [2.75, 3.05) is 0 Å². The Bertz CT molecular complexity index is 466. The van der Waals surface area contributed by atoms with Gasteiger partial charge in [0, 0.05) is 5.88 Å². The van der Waals surface area contributed by atoms with E-state index in [0.29, 0.717) is 5.88 Å². The molecule has 70 valence electrons. The predicted molar refractivity (Wildman–Crippen MR) is 63.6 cm³/mol. The molecule has 0 aromatic heterocycles. The summed E-state index contributed by atoms with van der Waals surface area (Å²) >= 11 is 5.90. The highest BCUT2D eigenvalue weighted by Gasteiger charge is 2.02. The van der Waals surface area contributed by atoms with Crippen LogP contribution >= 0.6 is 11.6 Å². The molecule has 0 amide bonds. The topological polar surface area (TPSA) is 0 Å². The molecule has 14 heavy (non-hydrogen) atoms. The van der Waals surface area contributed by atoms with Gasteiger partial charge < -0.3 is 0 Å². The van der Waals surface area contributed by atoms with Crippen LogP contribution in [-0.2, 0) is 5.88 Å². The molecule has 0 atom stereocenters. The highest BCUT2D eigenvalue weighted by atomic mass is 35.5. The number of rotatable bonds is 2. The lowest BCUT2D eigenvalue weighted by atomic mass is 10.0. The molecule has 0 nitrogen and oxygen atoms in total. The Hall–Kier alpha value is -1.27. The normalized spacial score (nSPS) is 10.4. The molecule has 0 fully saturated rings. The van der Waals surface area contributed by atoms with Gasteiger partial charge in [0.1, 0.15) is 0 Å². The van der Waals surface area contributed by atoms with Crippen molar-refractivity contribution in [2.24, 2.45) is 0 Å². The Kier molecular flexibility index (Phi) is 2.55. The van der Waals surface area contributed by atoms with E-state index in [-0.39, 0.29) is 0 Å². The van der Waals surface area contributed by atoms with Crippen LogP contribution in [-0.4, -0.2) is 0 Å². The van der Waals surface area contributed by atoms with Crippen LogP contribution < -0.4 is 0 Å². The van der Waals surface area contributed by atoms with Gasteiger partial charge in [0.25, 0.3) is 0 Å². The largest absolute Gasteiger partial charge is 0.122 e. The Labute approximate surface area is 88.8 Å². The summed E-state index contributed by atoms with van der Waals surface area (Å²) in [6.45, 7) is 3.81. The number of hydrogen-bond donors (Lipinski definition) is 0. The number of halogens is 1. The highest BCUT2D eigenvalue weighted by Crippen LogP contribution is 2.24. The monoisotopic (exact) mass is 202 g/mol. The molecule has 0 aliphatic rings. The van der Waals surface area contributed by atoms with Crippen LogP contribution in [0.15, 0.2) is 43.0 Å². The minimum Gasteiger partial charge on any atom is -0.122 e. The first-order valence-electron chi connectivity index (χ1n) is 4.56. The molecule has 0 spiro atoms. The molecule has 0 N–H and O–H groups in total. The van der Waals surface area contributed by atoms with Gasteiger partial charge in [0.05, 0.1) is 0 Å². The van der Waals surface area contributed by atoms with Gasteiger partial charge in [-0.15, -0.1) is 11.6 Å². The van der Waals surface area contributed by atoms with Crippen molar-refractivity contribution in [1.82, 2.24) is 0 Å². The SMILES string of the molecule is C=Cc1cccc2cccc(CCl)c12. The molecule has 0 heterocycles. The molecule has 0 radical (unpaired) electrons. The van der Waals surface area contributed by atoms with Gasteiger partial charge in [-0.3, -0.25) is 0 Å². The van der Waals surface area contributed by atoms with E-state index in [1.807, 2.05) is 18.2 Å². The first kappa shape index (κ1) is 9.29. The third-order valence-corrected chi connectivity index (χ3v) is 2.68. The van der Waals surface area contributed by atoms with E-state index >= 15 is 0 Å². The van der Waals surface area contributed by atoms with Crippen molar-refractivity contribution in [3.05, 3.63) is 54.1 Å².